The van der Waals surface area contributed by atoms with Crippen LogP contribution in [0.2, 0.25) is 0 Å². The molecule has 1 aliphatic rings. The highest BCUT2D eigenvalue weighted by atomic mass is 79.9. The zero-order valence-corrected chi connectivity index (χ0v) is 16.5. The summed E-state index contributed by atoms with van der Waals surface area (Å²) in [7, 11) is -3.30. The molecule has 136 valence electrons. The molecule has 26 heavy (non-hydrogen) atoms. The molecule has 0 spiro atoms. The highest BCUT2D eigenvalue weighted by Crippen LogP contribution is 2.28. The number of hydrogen-bond acceptors (Lipinski definition) is 4. The quantitative estimate of drug-likeness (QED) is 0.715. The van der Waals surface area contributed by atoms with Gasteiger partial charge in [-0.1, -0.05) is 12.1 Å². The summed E-state index contributed by atoms with van der Waals surface area (Å²) in [4.78, 5) is 14.7. The number of carbonyl (C=O) groups is 1. The zero-order valence-electron chi connectivity index (χ0n) is 14.1. The van der Waals surface area contributed by atoms with Crippen molar-refractivity contribution in [2.45, 2.75) is 13.0 Å². The number of anilines is 1. The molecule has 1 aliphatic heterocycles. The summed E-state index contributed by atoms with van der Waals surface area (Å²) in [5, 5.41) is 1.17. The van der Waals surface area contributed by atoms with Crippen molar-refractivity contribution in [1.82, 2.24) is 0 Å². The van der Waals surface area contributed by atoms with E-state index in [9.17, 15) is 13.2 Å². The Morgan fingerprint density at radius 1 is 1.19 bits per heavy atom. The molecule has 5 nitrogen and oxygen atoms in total. The van der Waals surface area contributed by atoms with Crippen LogP contribution in [-0.2, 0) is 9.84 Å². The van der Waals surface area contributed by atoms with Crippen molar-refractivity contribution in [2.75, 3.05) is 17.3 Å². The minimum Gasteiger partial charge on any atom is -0.494 e. The number of nitrogens with zero attached hydrogens (tertiary/aromatic N) is 1. The van der Waals surface area contributed by atoms with E-state index >= 15 is 0 Å². The molecule has 1 atom stereocenters. The Labute approximate surface area is 161 Å². The molecular formula is C19H18BrNO4S. The van der Waals surface area contributed by atoms with Gasteiger partial charge < -0.3 is 9.64 Å². The van der Waals surface area contributed by atoms with Crippen LogP contribution >= 0.6 is 15.9 Å². The molecule has 0 aromatic heterocycles. The van der Waals surface area contributed by atoms with E-state index in [1.54, 1.807) is 48.5 Å². The number of halogens is 1. The van der Waals surface area contributed by atoms with Crippen molar-refractivity contribution in [3.8, 4) is 5.75 Å². The van der Waals surface area contributed by atoms with Gasteiger partial charge >= 0.3 is 0 Å². The molecule has 1 amide bonds. The first kappa shape index (κ1) is 18.7. The topological polar surface area (TPSA) is 63.7 Å². The predicted molar refractivity (Wildman–Crippen MR) is 105 cm³/mol. The van der Waals surface area contributed by atoms with E-state index in [0.29, 0.717) is 28.1 Å². The number of carbonyl (C=O) groups excluding carboxylic acids is 1. The molecule has 0 saturated heterocycles. The average Bonchev–Trinajstić information content (AvgIpc) is 2.97. The molecule has 0 radical (unpaired) electrons. The Bertz CT molecular complexity index is 938. The zero-order chi connectivity index (χ0) is 18.7. The number of amides is 1. The van der Waals surface area contributed by atoms with Gasteiger partial charge in [-0.05, 0) is 65.3 Å². The molecule has 7 heteroatoms. The second-order valence-electron chi connectivity index (χ2n) is 5.81. The fraction of sp³-hybridized carbons (Fsp3) is 0.211. The maximum absolute atomic E-state index is 13.2. The molecule has 0 saturated carbocycles. The van der Waals surface area contributed by atoms with Crippen LogP contribution in [0.25, 0.3) is 0 Å². The molecular weight excluding hydrogens is 418 g/mol. The van der Waals surface area contributed by atoms with Crippen molar-refractivity contribution in [3.05, 3.63) is 70.1 Å². The maximum Gasteiger partial charge on any atom is 0.260 e. The van der Waals surface area contributed by atoms with E-state index in [-0.39, 0.29) is 11.7 Å². The van der Waals surface area contributed by atoms with Gasteiger partial charge in [0.2, 0.25) is 0 Å². The summed E-state index contributed by atoms with van der Waals surface area (Å²) in [5.41, 5.74) is 1.08. The second kappa shape index (κ2) is 7.63. The van der Waals surface area contributed by atoms with Crippen molar-refractivity contribution < 1.29 is 17.9 Å². The highest BCUT2D eigenvalue weighted by Gasteiger charge is 2.32. The first-order chi connectivity index (χ1) is 12.4. The van der Waals surface area contributed by atoms with Gasteiger partial charge in [-0.15, -0.1) is 0 Å². The van der Waals surface area contributed by atoms with Gasteiger partial charge in [-0.25, -0.2) is 8.42 Å². The third-order valence-electron chi connectivity index (χ3n) is 3.99. The number of benzene rings is 2. The van der Waals surface area contributed by atoms with Crippen LogP contribution < -0.4 is 9.64 Å². The summed E-state index contributed by atoms with van der Waals surface area (Å²) in [6.07, 6.45) is 1.56. The summed E-state index contributed by atoms with van der Waals surface area (Å²) >= 11 is 3.40. The van der Waals surface area contributed by atoms with Crippen molar-refractivity contribution >= 4 is 37.4 Å². The number of hydrogen-bond donors (Lipinski definition) is 0. The van der Waals surface area contributed by atoms with Gasteiger partial charge in [0.25, 0.3) is 5.91 Å². The molecule has 0 bridgehead atoms. The third-order valence-corrected chi connectivity index (χ3v) is 6.06. The fourth-order valence-corrected chi connectivity index (χ4v) is 4.54. The van der Waals surface area contributed by atoms with Crippen LogP contribution in [0.3, 0.4) is 0 Å². The Morgan fingerprint density at radius 2 is 1.88 bits per heavy atom. The van der Waals surface area contributed by atoms with Gasteiger partial charge in [0, 0.05) is 15.6 Å². The standard InChI is InChI=1S/C19H18BrNO4S/c1-2-25-16-9-7-14(8-10-16)21(15-11-12-26(23,24)13-15)19(22)17-5-3-4-6-18(17)20/h3-12,15H,2,13H2,1H3. The number of sulfone groups is 1. The molecule has 3 rings (SSSR count). The van der Waals surface area contributed by atoms with Gasteiger partial charge in [-0.3, -0.25) is 4.79 Å². The third kappa shape index (κ3) is 3.99. The van der Waals surface area contributed by atoms with Crippen LogP contribution in [0.4, 0.5) is 5.69 Å². The molecule has 0 fully saturated rings. The van der Waals surface area contributed by atoms with Crippen LogP contribution in [0.15, 0.2) is 64.5 Å². The lowest BCUT2D eigenvalue weighted by Crippen LogP contribution is -2.41. The molecule has 2 aromatic rings. The SMILES string of the molecule is CCOc1ccc(N(C(=O)c2ccccc2Br)C2C=CS(=O)(=O)C2)cc1. The Kier molecular flexibility index (Phi) is 5.48. The normalized spacial score (nSPS) is 17.8. The number of ether oxygens (including phenoxy) is 1. The average molecular weight is 436 g/mol. The number of rotatable bonds is 5. The second-order valence-corrected chi connectivity index (χ2v) is 8.59. The van der Waals surface area contributed by atoms with Crippen molar-refractivity contribution in [1.29, 1.82) is 0 Å². The molecule has 1 unspecified atom stereocenters. The van der Waals surface area contributed by atoms with Crippen molar-refractivity contribution in [3.63, 3.8) is 0 Å². The van der Waals surface area contributed by atoms with E-state index < -0.39 is 15.9 Å². The molecule has 2 aromatic carbocycles. The first-order valence-corrected chi connectivity index (χ1v) is 10.6. The van der Waals surface area contributed by atoms with Crippen LogP contribution in [0.1, 0.15) is 17.3 Å². The lowest BCUT2D eigenvalue weighted by atomic mass is 10.1. The summed E-state index contributed by atoms with van der Waals surface area (Å²) < 4.78 is 29.9. The van der Waals surface area contributed by atoms with E-state index in [1.165, 1.54) is 10.3 Å². The maximum atomic E-state index is 13.2. The van der Waals surface area contributed by atoms with Crippen LogP contribution in [0.5, 0.6) is 5.75 Å². The van der Waals surface area contributed by atoms with E-state index in [0.717, 1.165) is 0 Å². The van der Waals surface area contributed by atoms with Crippen LogP contribution in [0, 0.1) is 0 Å². The lowest BCUT2D eigenvalue weighted by molar-refractivity contribution is 0.0982. The Hall–Kier alpha value is -2.12. The molecule has 0 N–H and O–H groups in total. The minimum atomic E-state index is -3.30. The minimum absolute atomic E-state index is 0.129. The molecule has 1 heterocycles. The Balaban J connectivity index is 2.01. The van der Waals surface area contributed by atoms with Gasteiger partial charge in [-0.2, -0.15) is 0 Å². The first-order valence-electron chi connectivity index (χ1n) is 8.13. The highest BCUT2D eigenvalue weighted by molar-refractivity contribution is 9.10. The predicted octanol–water partition coefficient (Wildman–Crippen LogP) is 3.81. The Morgan fingerprint density at radius 3 is 2.46 bits per heavy atom. The summed E-state index contributed by atoms with van der Waals surface area (Å²) in [6.45, 7) is 2.44. The monoisotopic (exact) mass is 435 g/mol. The van der Waals surface area contributed by atoms with Gasteiger partial charge in [0.05, 0.1) is 24.0 Å². The van der Waals surface area contributed by atoms with Crippen LogP contribution in [-0.4, -0.2) is 32.7 Å². The van der Waals surface area contributed by atoms with Crippen molar-refractivity contribution in [2.24, 2.45) is 0 Å². The van der Waals surface area contributed by atoms with Gasteiger partial charge in [0.15, 0.2) is 9.84 Å². The van der Waals surface area contributed by atoms with E-state index in [2.05, 4.69) is 15.9 Å². The molecule has 0 aliphatic carbocycles. The summed E-state index contributed by atoms with van der Waals surface area (Å²) in [5.74, 6) is 0.295. The largest absolute Gasteiger partial charge is 0.494 e. The fourth-order valence-electron chi connectivity index (χ4n) is 2.81. The lowest BCUT2D eigenvalue weighted by Gasteiger charge is -2.28. The van der Waals surface area contributed by atoms with E-state index in [1.807, 2.05) is 13.0 Å². The van der Waals surface area contributed by atoms with Gasteiger partial charge in [0.1, 0.15) is 5.75 Å². The smallest absolute Gasteiger partial charge is 0.260 e. The van der Waals surface area contributed by atoms with E-state index in [4.69, 9.17) is 4.74 Å². The summed E-state index contributed by atoms with van der Waals surface area (Å²) in [6, 6.07) is 13.6.